The number of hydrogen-bond acceptors (Lipinski definition) is 6. The van der Waals surface area contributed by atoms with E-state index in [2.05, 4.69) is 54.3 Å². The van der Waals surface area contributed by atoms with E-state index in [-0.39, 0.29) is 30.0 Å². The van der Waals surface area contributed by atoms with Gasteiger partial charge in [0, 0.05) is 30.4 Å². The van der Waals surface area contributed by atoms with Crippen molar-refractivity contribution in [3.05, 3.63) is 75.2 Å². The number of guanidine groups is 1. The van der Waals surface area contributed by atoms with Crippen LogP contribution in [-0.2, 0) is 37.0 Å². The maximum Gasteiger partial charge on any atom is 0.323 e. The smallest absolute Gasteiger partial charge is 0.323 e. The first-order chi connectivity index (χ1) is 17.0. The summed E-state index contributed by atoms with van der Waals surface area (Å²) >= 11 is 0. The average Bonchev–Trinajstić information content (AvgIpc) is 3.57. The van der Waals surface area contributed by atoms with Gasteiger partial charge in [-0.15, -0.1) is 10.2 Å². The first kappa shape index (κ1) is 22.5. The summed E-state index contributed by atoms with van der Waals surface area (Å²) in [5.74, 6) is 0.804. The Morgan fingerprint density at radius 2 is 2.00 bits per heavy atom. The summed E-state index contributed by atoms with van der Waals surface area (Å²) in [6.07, 6.45) is 4.01. The van der Waals surface area contributed by atoms with Gasteiger partial charge in [-0.25, -0.2) is 14.8 Å². The Kier molecular flexibility index (Phi) is 6.13. The van der Waals surface area contributed by atoms with Crippen LogP contribution in [0.3, 0.4) is 0 Å². The van der Waals surface area contributed by atoms with Gasteiger partial charge in [0.1, 0.15) is 6.42 Å². The van der Waals surface area contributed by atoms with Crippen LogP contribution in [0.2, 0.25) is 0 Å². The molecule has 0 spiro atoms. The van der Waals surface area contributed by atoms with E-state index < -0.39 is 0 Å². The van der Waals surface area contributed by atoms with Crippen molar-refractivity contribution in [2.45, 2.75) is 45.2 Å². The summed E-state index contributed by atoms with van der Waals surface area (Å²) in [6, 6.07) is 8.46. The van der Waals surface area contributed by atoms with Crippen molar-refractivity contribution in [1.29, 1.82) is 0 Å². The molecule has 3 N–H and O–H groups in total. The topological polar surface area (TPSA) is 145 Å². The van der Waals surface area contributed by atoms with Crippen LogP contribution in [0.1, 0.15) is 41.2 Å². The van der Waals surface area contributed by atoms with Crippen LogP contribution in [0.15, 0.2) is 49.7 Å². The molecule has 0 atom stereocenters. The second-order valence-electron chi connectivity index (χ2n) is 8.69. The van der Waals surface area contributed by atoms with Gasteiger partial charge in [-0.2, -0.15) is 0 Å². The van der Waals surface area contributed by atoms with Crippen molar-refractivity contribution in [2.24, 2.45) is 9.98 Å². The monoisotopic (exact) mass is 474 g/mol. The number of nitrogens with zero attached hydrogens (tertiary/aromatic N) is 5. The number of aromatic amines is 2. The zero-order chi connectivity index (χ0) is 24.4. The Labute approximate surface area is 201 Å². The molecule has 35 heavy (non-hydrogen) atoms. The molecule has 1 aliphatic heterocycles. The molecule has 0 saturated carbocycles. The summed E-state index contributed by atoms with van der Waals surface area (Å²) in [5, 5.41) is 11.1. The average molecular weight is 475 g/mol. The highest BCUT2D eigenvalue weighted by Gasteiger charge is 2.24. The number of aliphatic imine (C=N–C) groups is 2. The number of rotatable bonds is 5. The number of allylic oxidation sites excluding steroid dienone is 1. The molecule has 1 aromatic carbocycles. The molecule has 0 bridgehead atoms. The van der Waals surface area contributed by atoms with E-state index in [9.17, 15) is 9.59 Å². The van der Waals surface area contributed by atoms with Gasteiger partial charge in [-0.05, 0) is 37.6 Å². The quantitative estimate of drug-likeness (QED) is 0.376. The Balaban J connectivity index is 1.18. The van der Waals surface area contributed by atoms with Crippen LogP contribution < -0.4 is 11.0 Å². The van der Waals surface area contributed by atoms with Gasteiger partial charge in [0.25, 0.3) is 0 Å². The van der Waals surface area contributed by atoms with Crippen LogP contribution in [0.4, 0.5) is 0 Å². The van der Waals surface area contributed by atoms with E-state index in [1.54, 1.807) is 11.1 Å². The fourth-order valence-electron chi connectivity index (χ4n) is 4.42. The number of amides is 1. The third kappa shape index (κ3) is 4.98. The highest BCUT2D eigenvalue weighted by atomic mass is 16.4. The minimum absolute atomic E-state index is 0.0130. The summed E-state index contributed by atoms with van der Waals surface area (Å²) in [6.45, 7) is 6.29. The molecule has 3 heterocycles. The van der Waals surface area contributed by atoms with Crippen molar-refractivity contribution in [3.63, 3.8) is 0 Å². The third-order valence-electron chi connectivity index (χ3n) is 6.24. The number of fused-ring (bicyclic) bond motifs is 2. The normalized spacial score (nSPS) is 16.2. The highest BCUT2D eigenvalue weighted by molar-refractivity contribution is 5.86. The fourth-order valence-corrected chi connectivity index (χ4v) is 4.42. The molecular formula is C24H26N8O3. The van der Waals surface area contributed by atoms with E-state index in [0.717, 1.165) is 24.2 Å². The first-order valence-corrected chi connectivity index (χ1v) is 11.4. The van der Waals surface area contributed by atoms with Gasteiger partial charge in [0.15, 0.2) is 0 Å². The minimum atomic E-state index is -0.255. The fraction of sp³-hybridized carbons (Fsp3) is 0.333. The number of hydrogen-bond donors (Lipinski definition) is 3. The Morgan fingerprint density at radius 1 is 1.26 bits per heavy atom. The van der Waals surface area contributed by atoms with E-state index in [1.807, 2.05) is 19.1 Å². The molecule has 11 nitrogen and oxygen atoms in total. The van der Waals surface area contributed by atoms with Crippen LogP contribution >= 0.6 is 0 Å². The van der Waals surface area contributed by atoms with Crippen LogP contribution in [0.25, 0.3) is 5.57 Å². The molecule has 2 aliphatic rings. The Hall–Kier alpha value is -4.28. The van der Waals surface area contributed by atoms with Crippen LogP contribution in [0.5, 0.6) is 0 Å². The highest BCUT2D eigenvalue weighted by Crippen LogP contribution is 2.24. The van der Waals surface area contributed by atoms with Crippen molar-refractivity contribution < 1.29 is 9.21 Å². The lowest BCUT2D eigenvalue weighted by molar-refractivity contribution is -0.131. The lowest BCUT2D eigenvalue weighted by Crippen LogP contribution is -2.37. The Bertz CT molecular complexity index is 1350. The summed E-state index contributed by atoms with van der Waals surface area (Å²) in [7, 11) is 0. The number of aromatic nitrogens is 4. The zero-order valence-corrected chi connectivity index (χ0v) is 19.4. The molecule has 0 radical (unpaired) electrons. The van der Waals surface area contributed by atoms with E-state index in [0.29, 0.717) is 36.9 Å². The lowest BCUT2D eigenvalue weighted by atomic mass is 10.1. The molecule has 2 aromatic heterocycles. The predicted octanol–water partition coefficient (Wildman–Crippen LogP) is 1.39. The number of benzene rings is 1. The molecule has 5 rings (SSSR count). The first-order valence-electron chi connectivity index (χ1n) is 11.4. The van der Waals surface area contributed by atoms with Gasteiger partial charge in [0.2, 0.25) is 23.6 Å². The van der Waals surface area contributed by atoms with Crippen LogP contribution in [0, 0.1) is 0 Å². The summed E-state index contributed by atoms with van der Waals surface area (Å²) in [5.41, 5.74) is 4.64. The number of H-pyrrole nitrogens is 2. The standard InChI is InChI=1S/C24H26N8O3/c1-14(12-26-23(25-2)27-17-9-15-5-3-4-6-16(15)10-17)22-31-30-20(35-22)11-21(33)32-8-7-18-19(13-32)29-24(34)28-18/h3-6,12,17H,2,7-11,13H2,1H3,(H,26,27)(H2,28,29,34)/b14-12+. The van der Waals surface area contributed by atoms with Crippen molar-refractivity contribution in [2.75, 3.05) is 6.54 Å². The molecule has 0 saturated heterocycles. The van der Waals surface area contributed by atoms with Gasteiger partial charge in [-0.1, -0.05) is 24.3 Å². The summed E-state index contributed by atoms with van der Waals surface area (Å²) in [4.78, 5) is 40.0. The molecule has 0 unspecified atom stereocenters. The molecule has 1 aliphatic carbocycles. The number of imidazole rings is 1. The van der Waals surface area contributed by atoms with Gasteiger partial charge in [0.05, 0.1) is 18.3 Å². The minimum Gasteiger partial charge on any atom is -0.420 e. The van der Waals surface area contributed by atoms with Crippen molar-refractivity contribution >= 4 is 24.2 Å². The predicted molar refractivity (Wildman–Crippen MR) is 130 cm³/mol. The Morgan fingerprint density at radius 3 is 2.74 bits per heavy atom. The molecule has 3 aromatic rings. The SMILES string of the molecule is C=NC(=NC1Cc2ccccc2C1)N/C=C(\C)c1nnc(CC(=O)N2CCc3[nH]c(=O)[nH]c3C2)o1. The second kappa shape index (κ2) is 9.53. The summed E-state index contributed by atoms with van der Waals surface area (Å²) < 4.78 is 5.69. The molecule has 1 amide bonds. The largest absolute Gasteiger partial charge is 0.420 e. The molecule has 0 fully saturated rings. The molecule has 11 heteroatoms. The molecular weight excluding hydrogens is 448 g/mol. The third-order valence-corrected chi connectivity index (χ3v) is 6.24. The second-order valence-corrected chi connectivity index (χ2v) is 8.69. The van der Waals surface area contributed by atoms with E-state index in [1.165, 1.54) is 11.1 Å². The van der Waals surface area contributed by atoms with Crippen molar-refractivity contribution in [1.82, 2.24) is 30.4 Å². The van der Waals surface area contributed by atoms with Gasteiger partial charge < -0.3 is 24.6 Å². The maximum absolute atomic E-state index is 12.7. The van der Waals surface area contributed by atoms with Gasteiger partial charge >= 0.3 is 5.69 Å². The van der Waals surface area contributed by atoms with Crippen molar-refractivity contribution in [3.8, 4) is 0 Å². The van der Waals surface area contributed by atoms with Crippen LogP contribution in [-0.4, -0.2) is 56.2 Å². The van der Waals surface area contributed by atoms with Gasteiger partial charge in [-0.3, -0.25) is 4.79 Å². The zero-order valence-electron chi connectivity index (χ0n) is 19.4. The van der Waals surface area contributed by atoms with E-state index >= 15 is 0 Å². The maximum atomic E-state index is 12.7. The lowest BCUT2D eigenvalue weighted by Gasteiger charge is -2.25. The molecule has 180 valence electrons. The van der Waals surface area contributed by atoms with E-state index in [4.69, 9.17) is 4.42 Å². The number of nitrogens with one attached hydrogen (secondary N) is 3. The number of carbonyl (C=O) groups excluding carboxylic acids is 1. The number of carbonyl (C=O) groups is 1.